The van der Waals surface area contributed by atoms with Gasteiger partial charge in [0, 0.05) is 23.5 Å². The van der Waals surface area contributed by atoms with Crippen molar-refractivity contribution in [2.75, 3.05) is 0 Å². The van der Waals surface area contributed by atoms with E-state index in [0.717, 1.165) is 24.4 Å². The van der Waals surface area contributed by atoms with E-state index in [9.17, 15) is 4.79 Å². The molecule has 0 saturated heterocycles. The minimum absolute atomic E-state index is 0.164. The van der Waals surface area contributed by atoms with E-state index in [1.54, 1.807) is 0 Å². The van der Waals surface area contributed by atoms with E-state index in [0.29, 0.717) is 5.92 Å². The Labute approximate surface area is 141 Å². The number of aryl methyl sites for hydroxylation is 1. The average molecular weight is 318 g/mol. The van der Waals surface area contributed by atoms with Gasteiger partial charge in [0.05, 0.1) is 11.4 Å². The molecule has 0 unspecified atom stereocenters. The van der Waals surface area contributed by atoms with Crippen molar-refractivity contribution in [3.8, 4) is 11.4 Å². The number of hydrogen-bond acceptors (Lipinski definition) is 1. The molecule has 1 saturated carbocycles. The van der Waals surface area contributed by atoms with E-state index in [1.807, 2.05) is 10.6 Å². The van der Waals surface area contributed by atoms with Crippen molar-refractivity contribution >= 4 is 10.9 Å². The molecule has 3 heterocycles. The Bertz CT molecular complexity index is 973. The van der Waals surface area contributed by atoms with Gasteiger partial charge in [-0.3, -0.25) is 4.79 Å². The number of nitrogens with zero attached hydrogens (tertiary/aromatic N) is 1. The van der Waals surface area contributed by atoms with Crippen LogP contribution in [0.5, 0.6) is 0 Å². The third-order valence-corrected chi connectivity index (χ3v) is 5.88. The Kier molecular flexibility index (Phi) is 3.15. The molecule has 3 nitrogen and oxygen atoms in total. The maximum atomic E-state index is 12.7. The van der Waals surface area contributed by atoms with Crippen molar-refractivity contribution in [2.45, 2.75) is 51.0 Å². The number of pyridine rings is 1. The molecular weight excluding hydrogens is 296 g/mol. The molecule has 122 valence electrons. The largest absolute Gasteiger partial charge is 0.353 e. The Morgan fingerprint density at radius 1 is 1.04 bits per heavy atom. The van der Waals surface area contributed by atoms with E-state index >= 15 is 0 Å². The van der Waals surface area contributed by atoms with Gasteiger partial charge in [0.2, 0.25) is 0 Å². The molecule has 1 N–H and O–H groups in total. The van der Waals surface area contributed by atoms with Crippen LogP contribution in [0.25, 0.3) is 22.3 Å². The number of benzene rings is 1. The minimum atomic E-state index is 0.164. The van der Waals surface area contributed by atoms with E-state index < -0.39 is 0 Å². The maximum absolute atomic E-state index is 12.7. The van der Waals surface area contributed by atoms with Gasteiger partial charge < -0.3 is 9.55 Å². The lowest BCUT2D eigenvalue weighted by Gasteiger charge is -2.25. The van der Waals surface area contributed by atoms with E-state index in [1.165, 1.54) is 54.1 Å². The first kappa shape index (κ1) is 14.1. The summed E-state index contributed by atoms with van der Waals surface area (Å²) in [6.07, 6.45) is 7.30. The topological polar surface area (TPSA) is 37.8 Å². The zero-order valence-corrected chi connectivity index (χ0v) is 13.8. The molecule has 2 aromatic heterocycles. The third-order valence-electron chi connectivity index (χ3n) is 5.88. The summed E-state index contributed by atoms with van der Waals surface area (Å²) in [6.45, 7) is 0.786. The SMILES string of the molecule is O=c1cc(C2CCCCC2)cc2n1CCc1c-2[nH]c2ccccc12. The number of aromatic nitrogens is 2. The predicted octanol–water partition coefficient (Wildman–Crippen LogP) is 4.60. The third kappa shape index (κ3) is 2.07. The number of rotatable bonds is 1. The lowest BCUT2D eigenvalue weighted by atomic mass is 9.84. The van der Waals surface area contributed by atoms with Crippen molar-refractivity contribution in [3.05, 3.63) is 57.9 Å². The van der Waals surface area contributed by atoms with Crippen LogP contribution in [0.15, 0.2) is 41.2 Å². The standard InChI is InChI=1S/C21H22N2O/c24-20-13-15(14-6-2-1-3-7-14)12-19-21-17(10-11-23(19)20)16-8-4-5-9-18(16)22-21/h4-5,8-9,12-14,22H,1-3,6-7,10-11H2. The van der Waals surface area contributed by atoms with Crippen molar-refractivity contribution in [1.29, 1.82) is 0 Å². The molecule has 3 heteroatoms. The van der Waals surface area contributed by atoms with Crippen LogP contribution in [0.4, 0.5) is 0 Å². The first-order chi connectivity index (χ1) is 11.8. The van der Waals surface area contributed by atoms with Crippen molar-refractivity contribution in [1.82, 2.24) is 9.55 Å². The van der Waals surface area contributed by atoms with Gasteiger partial charge in [-0.05, 0) is 48.4 Å². The van der Waals surface area contributed by atoms with E-state index in [4.69, 9.17) is 0 Å². The summed E-state index contributed by atoms with van der Waals surface area (Å²) >= 11 is 0. The van der Waals surface area contributed by atoms with Crippen molar-refractivity contribution in [3.63, 3.8) is 0 Å². The van der Waals surface area contributed by atoms with Gasteiger partial charge in [0.25, 0.3) is 5.56 Å². The summed E-state index contributed by atoms with van der Waals surface area (Å²) in [5.74, 6) is 0.562. The van der Waals surface area contributed by atoms with Crippen LogP contribution in [-0.2, 0) is 13.0 Å². The number of aromatic amines is 1. The lowest BCUT2D eigenvalue weighted by molar-refractivity contribution is 0.442. The average Bonchev–Trinajstić information content (AvgIpc) is 3.01. The zero-order chi connectivity index (χ0) is 16.1. The fourth-order valence-corrected chi connectivity index (χ4v) is 4.63. The molecule has 0 bridgehead atoms. The van der Waals surface area contributed by atoms with Gasteiger partial charge >= 0.3 is 0 Å². The summed E-state index contributed by atoms with van der Waals surface area (Å²) < 4.78 is 1.95. The minimum Gasteiger partial charge on any atom is -0.353 e. The molecule has 0 spiro atoms. The summed E-state index contributed by atoms with van der Waals surface area (Å²) in [4.78, 5) is 16.3. The van der Waals surface area contributed by atoms with Crippen LogP contribution in [0, 0.1) is 0 Å². The molecule has 1 aliphatic carbocycles. The molecule has 1 aliphatic heterocycles. The van der Waals surface area contributed by atoms with Gasteiger partial charge in [-0.1, -0.05) is 37.5 Å². The second kappa shape index (κ2) is 5.37. The summed E-state index contributed by atoms with van der Waals surface area (Å²) in [6, 6.07) is 12.6. The highest BCUT2D eigenvalue weighted by Crippen LogP contribution is 2.37. The summed E-state index contributed by atoms with van der Waals surface area (Å²) in [7, 11) is 0. The van der Waals surface area contributed by atoms with Crippen LogP contribution in [-0.4, -0.2) is 9.55 Å². The number of nitrogens with one attached hydrogen (secondary N) is 1. The Morgan fingerprint density at radius 2 is 1.88 bits per heavy atom. The molecule has 5 rings (SSSR count). The Hall–Kier alpha value is -2.29. The fourth-order valence-electron chi connectivity index (χ4n) is 4.63. The smallest absolute Gasteiger partial charge is 0.251 e. The first-order valence-electron chi connectivity index (χ1n) is 9.16. The Morgan fingerprint density at radius 3 is 2.75 bits per heavy atom. The lowest BCUT2D eigenvalue weighted by Crippen LogP contribution is -2.26. The van der Waals surface area contributed by atoms with Gasteiger partial charge in [-0.2, -0.15) is 0 Å². The highest BCUT2D eigenvalue weighted by molar-refractivity contribution is 5.90. The van der Waals surface area contributed by atoms with Crippen LogP contribution in [0.1, 0.15) is 49.1 Å². The summed E-state index contributed by atoms with van der Waals surface area (Å²) in [5.41, 5.74) is 6.19. The zero-order valence-electron chi connectivity index (χ0n) is 13.8. The molecule has 2 aliphatic rings. The second-order valence-electron chi connectivity index (χ2n) is 7.27. The van der Waals surface area contributed by atoms with Gasteiger partial charge in [0.15, 0.2) is 0 Å². The molecule has 0 radical (unpaired) electrons. The number of para-hydroxylation sites is 1. The highest BCUT2D eigenvalue weighted by atomic mass is 16.1. The van der Waals surface area contributed by atoms with Crippen LogP contribution in [0.2, 0.25) is 0 Å². The molecule has 1 aromatic carbocycles. The maximum Gasteiger partial charge on any atom is 0.251 e. The molecule has 0 atom stereocenters. The Balaban J connectivity index is 1.70. The van der Waals surface area contributed by atoms with Crippen molar-refractivity contribution < 1.29 is 0 Å². The van der Waals surface area contributed by atoms with Crippen LogP contribution < -0.4 is 5.56 Å². The molecule has 0 amide bonds. The highest BCUT2D eigenvalue weighted by Gasteiger charge is 2.24. The van der Waals surface area contributed by atoms with Gasteiger partial charge in [-0.15, -0.1) is 0 Å². The molecular formula is C21H22N2O. The quantitative estimate of drug-likeness (QED) is 0.699. The number of H-pyrrole nitrogens is 1. The van der Waals surface area contributed by atoms with Crippen LogP contribution >= 0.6 is 0 Å². The van der Waals surface area contributed by atoms with E-state index in [2.05, 4.69) is 35.3 Å². The van der Waals surface area contributed by atoms with Crippen molar-refractivity contribution in [2.24, 2.45) is 0 Å². The number of hydrogen-bond donors (Lipinski definition) is 1. The number of fused-ring (bicyclic) bond motifs is 5. The monoisotopic (exact) mass is 318 g/mol. The molecule has 24 heavy (non-hydrogen) atoms. The molecule has 3 aromatic rings. The van der Waals surface area contributed by atoms with Gasteiger partial charge in [-0.25, -0.2) is 0 Å². The fraction of sp³-hybridized carbons (Fsp3) is 0.381. The first-order valence-corrected chi connectivity index (χ1v) is 9.16. The predicted molar refractivity (Wildman–Crippen MR) is 97.5 cm³/mol. The molecule has 1 fully saturated rings. The normalized spacial score (nSPS) is 17.7. The second-order valence-corrected chi connectivity index (χ2v) is 7.27. The van der Waals surface area contributed by atoms with Crippen LogP contribution in [0.3, 0.4) is 0 Å². The summed E-state index contributed by atoms with van der Waals surface area (Å²) in [5, 5.41) is 1.30. The van der Waals surface area contributed by atoms with E-state index in [-0.39, 0.29) is 5.56 Å². The van der Waals surface area contributed by atoms with Gasteiger partial charge in [0.1, 0.15) is 0 Å².